The number of aromatic nitrogens is 2. The molecule has 18 heavy (non-hydrogen) atoms. The van der Waals surface area contributed by atoms with Gasteiger partial charge in [0, 0.05) is 19.1 Å². The minimum Gasteiger partial charge on any atom is -0.469 e. The summed E-state index contributed by atoms with van der Waals surface area (Å²) in [7, 11) is 1.71. The maximum atomic E-state index is 10.9. The van der Waals surface area contributed by atoms with Crippen molar-refractivity contribution in [2.45, 2.75) is 43.9 Å². The lowest BCUT2D eigenvalue weighted by molar-refractivity contribution is -0.390. The smallest absolute Gasteiger partial charge is 0.426 e. The molecule has 0 saturated carbocycles. The fraction of sp³-hybridized carbons (Fsp3) is 0.727. The average molecular weight is 252 g/mol. The highest BCUT2D eigenvalue weighted by Gasteiger charge is 2.36. The molecule has 98 valence electrons. The van der Waals surface area contributed by atoms with Crippen LogP contribution in [0.2, 0.25) is 0 Å². The molecule has 2 bridgehead atoms. The van der Waals surface area contributed by atoms with Crippen molar-refractivity contribution in [2.75, 3.05) is 0 Å². The zero-order chi connectivity index (χ0) is 12.7. The summed E-state index contributed by atoms with van der Waals surface area (Å²) in [5.74, 6) is 0.0784. The molecule has 1 aromatic rings. The second kappa shape index (κ2) is 4.24. The van der Waals surface area contributed by atoms with E-state index in [0.717, 1.165) is 12.8 Å². The SMILES string of the molecule is Cn1cnc([N+](=O)[O-])c1OC1CC2CCC(C1)N2. The second-order valence-electron chi connectivity index (χ2n) is 5.09. The molecule has 2 fully saturated rings. The number of nitrogens with one attached hydrogen (secondary N) is 1. The van der Waals surface area contributed by atoms with Crippen LogP contribution in [0.25, 0.3) is 0 Å². The Bertz CT molecular complexity index is 461. The fourth-order valence-corrected chi connectivity index (χ4v) is 2.93. The molecule has 0 amide bonds. The van der Waals surface area contributed by atoms with Crippen molar-refractivity contribution in [3.63, 3.8) is 0 Å². The fourth-order valence-electron chi connectivity index (χ4n) is 2.93. The van der Waals surface area contributed by atoms with Gasteiger partial charge in [-0.1, -0.05) is 0 Å². The van der Waals surface area contributed by atoms with Crippen LogP contribution in [0.4, 0.5) is 5.82 Å². The summed E-state index contributed by atoms with van der Waals surface area (Å²) in [6.45, 7) is 0. The quantitative estimate of drug-likeness (QED) is 0.640. The molecule has 0 aromatic carbocycles. The number of hydrogen-bond acceptors (Lipinski definition) is 5. The molecule has 1 N–H and O–H groups in total. The normalized spacial score (nSPS) is 30.4. The minimum absolute atomic E-state index is 0.0536. The van der Waals surface area contributed by atoms with Crippen LogP contribution in [-0.2, 0) is 7.05 Å². The van der Waals surface area contributed by atoms with Crippen molar-refractivity contribution in [1.82, 2.24) is 14.9 Å². The summed E-state index contributed by atoms with van der Waals surface area (Å²) in [6.07, 6.45) is 5.66. The lowest BCUT2D eigenvalue weighted by Crippen LogP contribution is -2.42. The van der Waals surface area contributed by atoms with Crippen LogP contribution in [0, 0.1) is 10.1 Å². The highest BCUT2D eigenvalue weighted by atomic mass is 16.6. The third-order valence-corrected chi connectivity index (χ3v) is 3.75. The largest absolute Gasteiger partial charge is 0.469 e. The van der Waals surface area contributed by atoms with Crippen molar-refractivity contribution < 1.29 is 9.66 Å². The van der Waals surface area contributed by atoms with Crippen molar-refractivity contribution in [3.05, 3.63) is 16.4 Å². The van der Waals surface area contributed by atoms with Crippen molar-refractivity contribution in [3.8, 4) is 5.88 Å². The molecule has 2 atom stereocenters. The Balaban J connectivity index is 1.76. The first-order valence-electron chi connectivity index (χ1n) is 6.22. The van der Waals surface area contributed by atoms with Crippen LogP contribution in [0.15, 0.2) is 6.33 Å². The van der Waals surface area contributed by atoms with Gasteiger partial charge < -0.3 is 20.2 Å². The van der Waals surface area contributed by atoms with Crippen molar-refractivity contribution >= 4 is 5.82 Å². The monoisotopic (exact) mass is 252 g/mol. The molecule has 2 aliphatic heterocycles. The molecular weight excluding hydrogens is 236 g/mol. The van der Waals surface area contributed by atoms with E-state index in [-0.39, 0.29) is 17.8 Å². The number of ether oxygens (including phenoxy) is 1. The lowest BCUT2D eigenvalue weighted by atomic mass is 10.0. The summed E-state index contributed by atoms with van der Waals surface area (Å²) < 4.78 is 7.39. The zero-order valence-corrected chi connectivity index (χ0v) is 10.2. The number of aryl methyl sites for hydroxylation is 1. The predicted molar refractivity (Wildman–Crippen MR) is 63.5 cm³/mol. The maximum Gasteiger partial charge on any atom is 0.426 e. The van der Waals surface area contributed by atoms with E-state index in [9.17, 15) is 10.1 Å². The number of imidazole rings is 1. The van der Waals surface area contributed by atoms with E-state index in [1.807, 2.05) is 0 Å². The zero-order valence-electron chi connectivity index (χ0n) is 10.2. The van der Waals surface area contributed by atoms with Gasteiger partial charge in [0.25, 0.3) is 5.88 Å². The number of piperidine rings is 1. The maximum absolute atomic E-state index is 10.9. The van der Waals surface area contributed by atoms with Gasteiger partial charge in [0.1, 0.15) is 6.10 Å². The van der Waals surface area contributed by atoms with Gasteiger partial charge in [-0.05, 0) is 35.6 Å². The Morgan fingerprint density at radius 1 is 1.50 bits per heavy atom. The Labute approximate surface area is 104 Å². The van der Waals surface area contributed by atoms with E-state index in [2.05, 4.69) is 10.3 Å². The van der Waals surface area contributed by atoms with Crippen LogP contribution in [-0.4, -0.2) is 32.7 Å². The Morgan fingerprint density at radius 2 is 2.17 bits per heavy atom. The Kier molecular flexibility index (Phi) is 2.70. The van der Waals surface area contributed by atoms with Gasteiger partial charge in [0.2, 0.25) is 6.33 Å². The molecule has 0 spiro atoms. The first-order chi connectivity index (χ1) is 8.63. The van der Waals surface area contributed by atoms with E-state index in [0.29, 0.717) is 12.1 Å². The summed E-state index contributed by atoms with van der Waals surface area (Å²) in [6, 6.07) is 1.00. The molecule has 0 aliphatic carbocycles. The summed E-state index contributed by atoms with van der Waals surface area (Å²) in [4.78, 5) is 14.1. The Morgan fingerprint density at radius 3 is 2.78 bits per heavy atom. The van der Waals surface area contributed by atoms with Gasteiger partial charge in [-0.3, -0.25) is 4.57 Å². The number of hydrogen-bond donors (Lipinski definition) is 1. The van der Waals surface area contributed by atoms with E-state index >= 15 is 0 Å². The van der Waals surface area contributed by atoms with Gasteiger partial charge in [-0.2, -0.15) is 0 Å². The first-order valence-corrected chi connectivity index (χ1v) is 6.22. The molecular formula is C11H16N4O3. The van der Waals surface area contributed by atoms with E-state index in [4.69, 9.17) is 4.74 Å². The van der Waals surface area contributed by atoms with Gasteiger partial charge in [-0.25, -0.2) is 0 Å². The molecule has 1 aromatic heterocycles. The number of nitrogens with zero attached hydrogens (tertiary/aromatic N) is 3. The number of fused-ring (bicyclic) bond motifs is 2. The molecule has 3 heterocycles. The molecule has 2 unspecified atom stereocenters. The number of rotatable bonds is 3. The van der Waals surface area contributed by atoms with E-state index < -0.39 is 4.92 Å². The van der Waals surface area contributed by atoms with Crippen LogP contribution < -0.4 is 10.1 Å². The van der Waals surface area contributed by atoms with Gasteiger partial charge >= 0.3 is 5.82 Å². The average Bonchev–Trinajstić information content (AvgIpc) is 2.84. The van der Waals surface area contributed by atoms with Crippen LogP contribution in [0.1, 0.15) is 25.7 Å². The van der Waals surface area contributed by atoms with Gasteiger partial charge in [-0.15, -0.1) is 0 Å². The second-order valence-corrected chi connectivity index (χ2v) is 5.09. The highest BCUT2D eigenvalue weighted by molar-refractivity contribution is 5.33. The highest BCUT2D eigenvalue weighted by Crippen LogP contribution is 2.32. The minimum atomic E-state index is -0.495. The molecule has 2 aliphatic rings. The summed E-state index contributed by atoms with van der Waals surface area (Å²) >= 11 is 0. The third kappa shape index (κ3) is 1.94. The first kappa shape index (κ1) is 11.5. The van der Waals surface area contributed by atoms with Crippen LogP contribution >= 0.6 is 0 Å². The topological polar surface area (TPSA) is 82.2 Å². The van der Waals surface area contributed by atoms with Crippen molar-refractivity contribution in [2.24, 2.45) is 7.05 Å². The molecule has 7 heteroatoms. The van der Waals surface area contributed by atoms with Gasteiger partial charge in [0.05, 0.1) is 0 Å². The summed E-state index contributed by atoms with van der Waals surface area (Å²) in [5.41, 5.74) is 0. The van der Waals surface area contributed by atoms with E-state index in [1.54, 1.807) is 11.6 Å². The molecule has 0 radical (unpaired) electrons. The summed E-state index contributed by atoms with van der Waals surface area (Å²) in [5, 5.41) is 14.4. The lowest BCUT2D eigenvalue weighted by Gasteiger charge is -2.29. The third-order valence-electron chi connectivity index (χ3n) is 3.75. The predicted octanol–water partition coefficient (Wildman–Crippen LogP) is 0.990. The van der Waals surface area contributed by atoms with Gasteiger partial charge in [0.15, 0.2) is 0 Å². The van der Waals surface area contributed by atoms with Crippen molar-refractivity contribution in [1.29, 1.82) is 0 Å². The van der Waals surface area contributed by atoms with Crippen LogP contribution in [0.3, 0.4) is 0 Å². The molecule has 2 saturated heterocycles. The Hall–Kier alpha value is -1.63. The molecule has 7 nitrogen and oxygen atoms in total. The number of nitro groups is 1. The van der Waals surface area contributed by atoms with E-state index in [1.165, 1.54) is 19.2 Å². The van der Waals surface area contributed by atoms with Crippen LogP contribution in [0.5, 0.6) is 5.88 Å². The standard InChI is InChI=1S/C11H16N4O3/c1-14-6-12-10(15(16)17)11(14)18-9-4-7-2-3-8(5-9)13-7/h6-9,13H,2-5H2,1H3. The molecule has 3 rings (SSSR count).